The number of nitrogens with one attached hydrogen (secondary N) is 1. The lowest BCUT2D eigenvalue weighted by Crippen LogP contribution is -2.33. The molecule has 2 N–H and O–H groups in total. The van der Waals surface area contributed by atoms with Crippen molar-refractivity contribution in [3.05, 3.63) is 0 Å². The van der Waals surface area contributed by atoms with E-state index in [0.717, 1.165) is 0 Å². The van der Waals surface area contributed by atoms with Crippen molar-refractivity contribution >= 4 is 5.97 Å². The van der Waals surface area contributed by atoms with Gasteiger partial charge in [0.1, 0.15) is 6.04 Å². The first-order chi connectivity index (χ1) is 4.20. The van der Waals surface area contributed by atoms with E-state index in [-0.39, 0.29) is 0 Å². The number of hydrogen-bond donors (Lipinski definition) is 2. The van der Waals surface area contributed by atoms with E-state index in [1.807, 2.05) is 0 Å². The van der Waals surface area contributed by atoms with Gasteiger partial charge in [-0.2, -0.15) is 0 Å². The zero-order valence-electron chi connectivity index (χ0n) is 4.80. The Labute approximate surface area is 51.9 Å². The van der Waals surface area contributed by atoms with E-state index >= 15 is 0 Å². The predicted octanol–water partition coefficient (Wildman–Crippen LogP) is 0.119. The summed E-state index contributed by atoms with van der Waals surface area (Å²) in [6.45, 7) is 0. The highest BCUT2D eigenvalue weighted by Crippen LogP contribution is 2.12. The predicted molar refractivity (Wildman–Crippen MR) is 28.7 cm³/mol. The molecule has 2 atom stereocenters. The summed E-state index contributed by atoms with van der Waals surface area (Å²) in [5.74, 6) is -0.963. The minimum atomic E-state index is -1.12. The number of aliphatic carboxylic acids is 1. The van der Waals surface area contributed by atoms with E-state index < -0.39 is 18.3 Å². The summed E-state index contributed by atoms with van der Waals surface area (Å²) >= 11 is 0. The van der Waals surface area contributed by atoms with Crippen LogP contribution in [0.3, 0.4) is 0 Å². The van der Waals surface area contributed by atoms with Crippen LogP contribution in [0, 0.1) is 0 Å². The molecule has 0 aliphatic carbocycles. The van der Waals surface area contributed by atoms with Crippen LogP contribution in [0.5, 0.6) is 0 Å². The van der Waals surface area contributed by atoms with Gasteiger partial charge < -0.3 is 5.11 Å². The largest absolute Gasteiger partial charge is 0.480 e. The van der Waals surface area contributed by atoms with Gasteiger partial charge in [0.25, 0.3) is 0 Å². The molecule has 0 saturated carbocycles. The van der Waals surface area contributed by atoms with Crippen molar-refractivity contribution in [3.8, 4) is 0 Å². The summed E-state index contributed by atoms with van der Waals surface area (Å²) in [4.78, 5) is 10.1. The van der Waals surface area contributed by atoms with E-state index in [4.69, 9.17) is 5.11 Å². The lowest BCUT2D eigenvalue weighted by molar-refractivity contribution is -0.139. The third-order valence-electron chi connectivity index (χ3n) is 1.39. The molecule has 1 aliphatic rings. The second-order valence-electron chi connectivity index (χ2n) is 2.10. The van der Waals surface area contributed by atoms with Gasteiger partial charge in [-0.3, -0.25) is 10.1 Å². The number of carboxylic acid groups (broad SMARTS) is 1. The Hall–Kier alpha value is -0.640. The molecule has 4 heteroatoms. The first-order valence-electron chi connectivity index (χ1n) is 2.83. The normalized spacial score (nSPS) is 34.8. The molecule has 0 amide bonds. The van der Waals surface area contributed by atoms with Crippen LogP contribution >= 0.6 is 0 Å². The van der Waals surface area contributed by atoms with Crippen LogP contribution in [0.25, 0.3) is 0 Å². The van der Waals surface area contributed by atoms with Crippen LogP contribution in [-0.2, 0) is 4.79 Å². The number of rotatable bonds is 1. The standard InChI is InChI=1S/C5H8FNO2/c6-4-2-1-3(7-4)5(8)9/h3-4,7H,1-2H2,(H,8,9)/t3-,4+/m0/s1. The van der Waals surface area contributed by atoms with E-state index in [1.165, 1.54) is 0 Å². The first-order valence-corrected chi connectivity index (χ1v) is 2.83. The van der Waals surface area contributed by atoms with Gasteiger partial charge in [-0.25, -0.2) is 4.39 Å². The van der Waals surface area contributed by atoms with Gasteiger partial charge in [0.15, 0.2) is 6.30 Å². The summed E-state index contributed by atoms with van der Waals surface area (Å²) in [7, 11) is 0. The van der Waals surface area contributed by atoms with Crippen LogP contribution < -0.4 is 5.32 Å². The number of carbonyl (C=O) groups is 1. The second-order valence-corrected chi connectivity index (χ2v) is 2.10. The number of hydrogen-bond acceptors (Lipinski definition) is 2. The van der Waals surface area contributed by atoms with Gasteiger partial charge in [-0.1, -0.05) is 0 Å². The molecule has 1 heterocycles. The number of carboxylic acids is 1. The molecule has 0 unspecified atom stereocenters. The molecule has 0 aromatic rings. The molecule has 3 nitrogen and oxygen atoms in total. The van der Waals surface area contributed by atoms with Gasteiger partial charge in [0.2, 0.25) is 0 Å². The van der Waals surface area contributed by atoms with E-state index in [1.54, 1.807) is 0 Å². The maximum Gasteiger partial charge on any atom is 0.320 e. The zero-order valence-corrected chi connectivity index (χ0v) is 4.80. The third kappa shape index (κ3) is 1.38. The summed E-state index contributed by atoms with van der Waals surface area (Å²) in [5.41, 5.74) is 0. The molecule has 0 radical (unpaired) electrons. The van der Waals surface area contributed by atoms with Crippen molar-refractivity contribution in [3.63, 3.8) is 0 Å². The number of alkyl halides is 1. The van der Waals surface area contributed by atoms with Crippen LogP contribution in [-0.4, -0.2) is 23.4 Å². The average molecular weight is 133 g/mol. The molecule has 52 valence electrons. The van der Waals surface area contributed by atoms with Crippen molar-refractivity contribution in [2.24, 2.45) is 0 Å². The summed E-state index contributed by atoms with van der Waals surface area (Å²) in [6, 6.07) is -0.667. The second kappa shape index (κ2) is 2.31. The molecule has 1 fully saturated rings. The van der Waals surface area contributed by atoms with E-state index in [2.05, 4.69) is 5.32 Å². The van der Waals surface area contributed by atoms with Crippen molar-refractivity contribution in [1.29, 1.82) is 0 Å². The van der Waals surface area contributed by atoms with E-state index in [0.29, 0.717) is 12.8 Å². The Morgan fingerprint density at radius 2 is 2.33 bits per heavy atom. The maximum atomic E-state index is 12.2. The first kappa shape index (κ1) is 6.48. The highest BCUT2D eigenvalue weighted by atomic mass is 19.1. The molecular weight excluding hydrogens is 125 g/mol. The molecule has 0 spiro atoms. The molecule has 1 rings (SSSR count). The monoisotopic (exact) mass is 133 g/mol. The van der Waals surface area contributed by atoms with Crippen LogP contribution in [0.4, 0.5) is 4.39 Å². The fourth-order valence-corrected chi connectivity index (χ4v) is 0.893. The van der Waals surface area contributed by atoms with Gasteiger partial charge >= 0.3 is 5.97 Å². The van der Waals surface area contributed by atoms with Gasteiger partial charge in [0, 0.05) is 0 Å². The third-order valence-corrected chi connectivity index (χ3v) is 1.39. The van der Waals surface area contributed by atoms with E-state index in [9.17, 15) is 9.18 Å². The fraction of sp³-hybridized carbons (Fsp3) is 0.800. The Balaban J connectivity index is 2.39. The molecule has 0 aromatic heterocycles. The lowest BCUT2D eigenvalue weighted by atomic mass is 10.2. The quantitative estimate of drug-likeness (QED) is 0.499. The Morgan fingerprint density at radius 3 is 2.56 bits per heavy atom. The van der Waals surface area contributed by atoms with Gasteiger partial charge in [-0.15, -0.1) is 0 Å². The highest BCUT2D eigenvalue weighted by molar-refractivity contribution is 5.73. The summed E-state index contributed by atoms with van der Waals surface area (Å²) < 4.78 is 12.2. The summed E-state index contributed by atoms with van der Waals surface area (Å²) in [6.07, 6.45) is -0.404. The molecular formula is C5H8FNO2. The zero-order chi connectivity index (χ0) is 6.85. The lowest BCUT2D eigenvalue weighted by Gasteiger charge is -2.01. The Bertz CT molecular complexity index is 128. The minimum absolute atomic E-state index is 0.316. The van der Waals surface area contributed by atoms with Crippen LogP contribution in [0.15, 0.2) is 0 Å². The van der Waals surface area contributed by atoms with Crippen molar-refractivity contribution in [2.45, 2.75) is 25.2 Å². The van der Waals surface area contributed by atoms with Crippen molar-refractivity contribution < 1.29 is 14.3 Å². The average Bonchev–Trinajstić information content (AvgIpc) is 2.14. The molecule has 0 bridgehead atoms. The minimum Gasteiger partial charge on any atom is -0.480 e. The topological polar surface area (TPSA) is 49.3 Å². The van der Waals surface area contributed by atoms with Gasteiger partial charge in [-0.05, 0) is 12.8 Å². The van der Waals surface area contributed by atoms with Crippen molar-refractivity contribution in [1.82, 2.24) is 5.32 Å². The van der Waals surface area contributed by atoms with Crippen molar-refractivity contribution in [2.75, 3.05) is 0 Å². The SMILES string of the molecule is O=C(O)[C@@H]1CC[C@H](F)N1. The van der Waals surface area contributed by atoms with Gasteiger partial charge in [0.05, 0.1) is 0 Å². The Kier molecular flexibility index (Phi) is 1.66. The number of halogens is 1. The maximum absolute atomic E-state index is 12.2. The fourth-order valence-electron chi connectivity index (χ4n) is 0.893. The van der Waals surface area contributed by atoms with Crippen LogP contribution in [0.2, 0.25) is 0 Å². The molecule has 1 saturated heterocycles. The summed E-state index contributed by atoms with van der Waals surface area (Å²) in [5, 5.41) is 10.6. The molecule has 9 heavy (non-hydrogen) atoms. The molecule has 1 aliphatic heterocycles. The molecule has 0 aromatic carbocycles. The highest BCUT2D eigenvalue weighted by Gasteiger charge is 2.27. The smallest absolute Gasteiger partial charge is 0.320 e. The Morgan fingerprint density at radius 1 is 1.67 bits per heavy atom. The van der Waals surface area contributed by atoms with Crippen LogP contribution in [0.1, 0.15) is 12.8 Å².